The molecule has 17 heavy (non-hydrogen) atoms. The molecule has 94 valence electrons. The van der Waals surface area contributed by atoms with Gasteiger partial charge < -0.3 is 10.1 Å². The molecule has 1 N–H and O–H groups in total. The van der Waals surface area contributed by atoms with Crippen LogP contribution in [-0.2, 0) is 14.3 Å². The van der Waals surface area contributed by atoms with Gasteiger partial charge in [-0.15, -0.1) is 11.3 Å². The van der Waals surface area contributed by atoms with Crippen molar-refractivity contribution in [3.8, 4) is 0 Å². The van der Waals surface area contributed by atoms with Crippen LogP contribution in [0, 0.1) is 0 Å². The summed E-state index contributed by atoms with van der Waals surface area (Å²) in [7, 11) is 0. The molecule has 0 spiro atoms. The first-order valence-corrected chi connectivity index (χ1v) is 6.47. The summed E-state index contributed by atoms with van der Waals surface area (Å²) in [6, 6.07) is 3.52. The van der Waals surface area contributed by atoms with Crippen molar-refractivity contribution in [1.82, 2.24) is 5.32 Å². The number of ether oxygens (including phenoxy) is 1. The van der Waals surface area contributed by atoms with Gasteiger partial charge in [0.15, 0.2) is 0 Å². The summed E-state index contributed by atoms with van der Waals surface area (Å²) in [4.78, 5) is 23.6. The van der Waals surface area contributed by atoms with E-state index >= 15 is 0 Å². The first kappa shape index (κ1) is 13.7. The lowest BCUT2D eigenvalue weighted by Gasteiger charge is -2.15. The van der Waals surface area contributed by atoms with Crippen LogP contribution >= 0.6 is 11.3 Å². The Bertz CT molecular complexity index is 362. The number of thiophene rings is 1. The average molecular weight is 255 g/mol. The Labute approximate surface area is 105 Å². The molecule has 1 aromatic rings. The summed E-state index contributed by atoms with van der Waals surface area (Å²) in [6.45, 7) is 3.81. The predicted octanol–water partition coefficient (Wildman–Crippen LogP) is 2.27. The van der Waals surface area contributed by atoms with Gasteiger partial charge in [0.25, 0.3) is 0 Å². The number of carbonyl (C=O) groups is 2. The lowest BCUT2D eigenvalue weighted by atomic mass is 10.1. The second-order valence-corrected chi connectivity index (χ2v) is 4.67. The molecule has 0 aromatic carbocycles. The third kappa shape index (κ3) is 4.99. The number of rotatable bonds is 6. The van der Waals surface area contributed by atoms with Crippen molar-refractivity contribution in [3.63, 3.8) is 0 Å². The summed E-state index contributed by atoms with van der Waals surface area (Å²) in [5, 5.41) is 4.68. The lowest BCUT2D eigenvalue weighted by molar-refractivity contribution is -0.144. The van der Waals surface area contributed by atoms with Crippen molar-refractivity contribution < 1.29 is 14.3 Å². The molecule has 1 atom stereocenters. The molecule has 5 heteroatoms. The monoisotopic (exact) mass is 255 g/mol. The van der Waals surface area contributed by atoms with Crippen LogP contribution in [0.1, 0.15) is 37.6 Å². The summed E-state index contributed by atoms with van der Waals surface area (Å²) in [6.07, 6.45) is 0.982. The van der Waals surface area contributed by atoms with Crippen molar-refractivity contribution in [2.75, 3.05) is 6.61 Å². The maximum Gasteiger partial charge on any atom is 0.308 e. The number of esters is 1. The molecule has 4 nitrogen and oxygen atoms in total. The van der Waals surface area contributed by atoms with Gasteiger partial charge in [0.05, 0.1) is 19.1 Å². The molecule has 0 aliphatic heterocycles. The van der Waals surface area contributed by atoms with Gasteiger partial charge in [0, 0.05) is 11.8 Å². The van der Waals surface area contributed by atoms with Crippen molar-refractivity contribution in [3.05, 3.63) is 22.4 Å². The average Bonchev–Trinajstić information content (AvgIpc) is 2.78. The summed E-state index contributed by atoms with van der Waals surface area (Å²) >= 11 is 1.52. The van der Waals surface area contributed by atoms with Gasteiger partial charge >= 0.3 is 5.97 Å². The Morgan fingerprint density at radius 2 is 2.29 bits per heavy atom. The Kier molecular flexibility index (Phi) is 5.69. The molecule has 1 rings (SSSR count). The zero-order chi connectivity index (χ0) is 12.7. The normalized spacial score (nSPS) is 11.9. The van der Waals surface area contributed by atoms with E-state index < -0.39 is 0 Å². The van der Waals surface area contributed by atoms with Crippen LogP contribution in [0.25, 0.3) is 0 Å². The quantitative estimate of drug-likeness (QED) is 0.793. The number of nitrogens with one attached hydrogen (secondary N) is 1. The summed E-state index contributed by atoms with van der Waals surface area (Å²) < 4.78 is 5.02. The summed E-state index contributed by atoms with van der Waals surface area (Å²) in [5.41, 5.74) is 0. The number of carbonyl (C=O) groups excluding carboxylic acids is 2. The summed E-state index contributed by atoms with van der Waals surface area (Å²) in [5.74, 6) is -0.425. The molecule has 0 radical (unpaired) electrons. The van der Waals surface area contributed by atoms with Gasteiger partial charge in [-0.1, -0.05) is 13.0 Å². The molecule has 0 saturated heterocycles. The Morgan fingerprint density at radius 1 is 1.53 bits per heavy atom. The van der Waals surface area contributed by atoms with E-state index in [1.807, 2.05) is 24.4 Å². The third-order valence-electron chi connectivity index (χ3n) is 2.10. The first-order valence-electron chi connectivity index (χ1n) is 5.59. The topological polar surface area (TPSA) is 55.4 Å². The van der Waals surface area contributed by atoms with Gasteiger partial charge in [-0.3, -0.25) is 9.59 Å². The van der Waals surface area contributed by atoms with Crippen LogP contribution in [0.2, 0.25) is 0 Å². The van der Waals surface area contributed by atoms with E-state index in [0.29, 0.717) is 6.61 Å². The molecule has 0 aliphatic carbocycles. The van der Waals surface area contributed by atoms with Crippen molar-refractivity contribution in [2.24, 2.45) is 0 Å². The van der Waals surface area contributed by atoms with Crippen LogP contribution in [0.3, 0.4) is 0 Å². The maximum absolute atomic E-state index is 11.5. The van der Waals surface area contributed by atoms with E-state index in [-0.39, 0.29) is 24.3 Å². The zero-order valence-electron chi connectivity index (χ0n) is 10.1. The van der Waals surface area contributed by atoms with Crippen molar-refractivity contribution >= 4 is 23.2 Å². The highest BCUT2D eigenvalue weighted by Gasteiger charge is 2.18. The molecule has 0 fully saturated rings. The van der Waals surface area contributed by atoms with E-state index in [0.717, 1.165) is 11.3 Å². The standard InChI is InChI=1S/C12H17NO3S/c1-3-6-16-12(15)8-10(13-9(2)14)11-5-4-7-17-11/h4-5,7,10H,3,6,8H2,1-2H3,(H,13,14). The number of hydrogen-bond donors (Lipinski definition) is 1. The van der Waals surface area contributed by atoms with Gasteiger partial charge in [-0.25, -0.2) is 0 Å². The highest BCUT2D eigenvalue weighted by atomic mass is 32.1. The van der Waals surface area contributed by atoms with E-state index in [9.17, 15) is 9.59 Å². The number of hydrogen-bond acceptors (Lipinski definition) is 4. The van der Waals surface area contributed by atoms with Crippen LogP contribution < -0.4 is 5.32 Å². The van der Waals surface area contributed by atoms with Gasteiger partial charge in [-0.05, 0) is 17.9 Å². The molecular formula is C12H17NO3S. The van der Waals surface area contributed by atoms with Crippen molar-refractivity contribution in [2.45, 2.75) is 32.7 Å². The van der Waals surface area contributed by atoms with Crippen molar-refractivity contribution in [1.29, 1.82) is 0 Å². The van der Waals surface area contributed by atoms with E-state index in [4.69, 9.17) is 4.74 Å². The first-order chi connectivity index (χ1) is 8.13. The molecule has 1 unspecified atom stereocenters. The SMILES string of the molecule is CCCOC(=O)CC(NC(C)=O)c1cccs1. The van der Waals surface area contributed by atoms with Crippen LogP contribution in [0.5, 0.6) is 0 Å². The highest BCUT2D eigenvalue weighted by Crippen LogP contribution is 2.22. The minimum atomic E-state index is -0.281. The van der Waals surface area contributed by atoms with E-state index in [2.05, 4.69) is 5.32 Å². The smallest absolute Gasteiger partial charge is 0.308 e. The number of amides is 1. The highest BCUT2D eigenvalue weighted by molar-refractivity contribution is 7.10. The van der Waals surface area contributed by atoms with Crippen LogP contribution in [0.4, 0.5) is 0 Å². The minimum absolute atomic E-state index is 0.147. The molecule has 0 saturated carbocycles. The third-order valence-corrected chi connectivity index (χ3v) is 3.09. The molecule has 0 aliphatic rings. The van der Waals surface area contributed by atoms with Gasteiger partial charge in [0.1, 0.15) is 0 Å². The van der Waals surface area contributed by atoms with Gasteiger partial charge in [0.2, 0.25) is 5.91 Å². The molecule has 1 aromatic heterocycles. The minimum Gasteiger partial charge on any atom is -0.466 e. The largest absolute Gasteiger partial charge is 0.466 e. The van der Waals surface area contributed by atoms with Crippen LogP contribution in [0.15, 0.2) is 17.5 Å². The fraction of sp³-hybridized carbons (Fsp3) is 0.500. The molecule has 0 bridgehead atoms. The zero-order valence-corrected chi connectivity index (χ0v) is 10.9. The van der Waals surface area contributed by atoms with E-state index in [1.165, 1.54) is 18.3 Å². The molecule has 1 amide bonds. The fourth-order valence-corrected chi connectivity index (χ4v) is 2.18. The van der Waals surface area contributed by atoms with Crippen LogP contribution in [-0.4, -0.2) is 18.5 Å². The lowest BCUT2D eigenvalue weighted by Crippen LogP contribution is -2.28. The predicted molar refractivity (Wildman–Crippen MR) is 66.7 cm³/mol. The Morgan fingerprint density at radius 3 is 2.82 bits per heavy atom. The molecular weight excluding hydrogens is 238 g/mol. The maximum atomic E-state index is 11.5. The fourth-order valence-electron chi connectivity index (χ4n) is 1.40. The Balaban J connectivity index is 2.58. The molecule has 1 heterocycles. The second-order valence-electron chi connectivity index (χ2n) is 3.69. The van der Waals surface area contributed by atoms with Gasteiger partial charge in [-0.2, -0.15) is 0 Å². The van der Waals surface area contributed by atoms with E-state index in [1.54, 1.807) is 0 Å². The Hall–Kier alpha value is -1.36. The second kappa shape index (κ2) is 7.06.